The van der Waals surface area contributed by atoms with Gasteiger partial charge >= 0.3 is 0 Å². The average molecular weight is 389 g/mol. The van der Waals surface area contributed by atoms with Crippen LogP contribution in [-0.4, -0.2) is 16.6 Å². The first-order valence-electron chi connectivity index (χ1n) is 7.18. The zero-order valence-corrected chi connectivity index (χ0v) is 16.1. The van der Waals surface area contributed by atoms with E-state index in [2.05, 4.69) is 15.7 Å². The van der Waals surface area contributed by atoms with Gasteiger partial charge in [-0.1, -0.05) is 29.3 Å². The molecule has 0 saturated heterocycles. The van der Waals surface area contributed by atoms with Gasteiger partial charge in [0.25, 0.3) is 0 Å². The number of thioether (sulfide) groups is 1. The molecule has 2 rings (SSSR count). The first kappa shape index (κ1) is 18.6. The van der Waals surface area contributed by atoms with Crippen LogP contribution in [0.25, 0.3) is 0 Å². The van der Waals surface area contributed by atoms with Crippen LogP contribution in [0, 0.1) is 6.92 Å². The van der Waals surface area contributed by atoms with Crippen molar-refractivity contribution in [3.63, 3.8) is 0 Å². The van der Waals surface area contributed by atoms with Gasteiger partial charge in [-0.05, 0) is 31.5 Å². The Bertz CT molecular complexity index is 676. The summed E-state index contributed by atoms with van der Waals surface area (Å²) in [5, 5.41) is 7.26. The van der Waals surface area contributed by atoms with E-state index in [0.717, 1.165) is 27.8 Å². The smallest absolute Gasteiger partial charge is 0.221 e. The molecule has 0 spiro atoms. The fourth-order valence-corrected chi connectivity index (χ4v) is 4.18. The molecule has 0 radical (unpaired) electrons. The number of halogens is 2. The van der Waals surface area contributed by atoms with Gasteiger partial charge in [-0.15, -0.1) is 11.3 Å². The molecule has 1 heterocycles. The summed E-state index contributed by atoms with van der Waals surface area (Å²) in [4.78, 5) is 16.4. The van der Waals surface area contributed by atoms with Gasteiger partial charge in [-0.2, -0.15) is 11.8 Å². The van der Waals surface area contributed by atoms with E-state index in [1.165, 1.54) is 0 Å². The van der Waals surface area contributed by atoms with Crippen LogP contribution in [0.15, 0.2) is 23.6 Å². The van der Waals surface area contributed by atoms with Crippen LogP contribution in [0.5, 0.6) is 0 Å². The van der Waals surface area contributed by atoms with Gasteiger partial charge in [-0.3, -0.25) is 4.79 Å². The van der Waals surface area contributed by atoms with Crippen LogP contribution in [0.3, 0.4) is 0 Å². The molecule has 1 atom stereocenters. The van der Waals surface area contributed by atoms with E-state index in [0.29, 0.717) is 16.5 Å². The predicted octanol–water partition coefficient (Wildman–Crippen LogP) is 5.26. The molecule has 124 valence electrons. The van der Waals surface area contributed by atoms with Crippen molar-refractivity contribution in [3.05, 3.63) is 49.9 Å². The molecule has 0 fully saturated rings. The molecule has 7 heteroatoms. The van der Waals surface area contributed by atoms with E-state index in [1.54, 1.807) is 35.2 Å². The van der Waals surface area contributed by atoms with Crippen molar-refractivity contribution in [3.8, 4) is 0 Å². The molecule has 0 bridgehead atoms. The maximum absolute atomic E-state index is 12.0. The zero-order chi connectivity index (χ0) is 16.8. The number of carbonyl (C=O) groups is 1. The fraction of sp³-hybridized carbons (Fsp3) is 0.375. The zero-order valence-electron chi connectivity index (χ0n) is 12.9. The van der Waals surface area contributed by atoms with Gasteiger partial charge in [0.15, 0.2) is 0 Å². The molecule has 0 unspecified atom stereocenters. The van der Waals surface area contributed by atoms with Gasteiger partial charge in [0.1, 0.15) is 0 Å². The number of nitrogens with one attached hydrogen (secondary N) is 1. The van der Waals surface area contributed by atoms with E-state index in [-0.39, 0.29) is 11.9 Å². The minimum Gasteiger partial charge on any atom is -0.350 e. The highest BCUT2D eigenvalue weighted by molar-refractivity contribution is 7.98. The number of rotatable bonds is 7. The topological polar surface area (TPSA) is 42.0 Å². The normalized spacial score (nSPS) is 12.2. The number of benzene rings is 1. The van der Waals surface area contributed by atoms with Crippen molar-refractivity contribution >= 4 is 52.2 Å². The molecular formula is C16H18Cl2N2OS2. The summed E-state index contributed by atoms with van der Waals surface area (Å²) in [5.74, 6) is 1.63. The molecule has 2 aromatic rings. The van der Waals surface area contributed by atoms with Gasteiger partial charge in [0, 0.05) is 33.4 Å². The third kappa shape index (κ3) is 5.99. The highest BCUT2D eigenvalue weighted by Crippen LogP contribution is 2.26. The SMILES string of the molecule is Cc1nc(CSCCC(=O)N[C@@H](C)c2ccc(Cl)cc2Cl)cs1. The molecule has 0 saturated carbocycles. The fourth-order valence-electron chi connectivity index (χ4n) is 2.06. The lowest BCUT2D eigenvalue weighted by Gasteiger charge is -2.16. The second-order valence-corrected chi connectivity index (χ2v) is 8.13. The Morgan fingerprint density at radius 3 is 2.87 bits per heavy atom. The Balaban J connectivity index is 1.73. The predicted molar refractivity (Wildman–Crippen MR) is 101 cm³/mol. The number of aromatic nitrogens is 1. The van der Waals surface area contributed by atoms with E-state index in [4.69, 9.17) is 23.2 Å². The number of carbonyl (C=O) groups excluding carboxylic acids is 1. The van der Waals surface area contributed by atoms with Gasteiger partial charge < -0.3 is 5.32 Å². The molecule has 3 nitrogen and oxygen atoms in total. The van der Waals surface area contributed by atoms with Crippen molar-refractivity contribution in [2.24, 2.45) is 0 Å². The highest BCUT2D eigenvalue weighted by atomic mass is 35.5. The summed E-state index contributed by atoms with van der Waals surface area (Å²) in [5.41, 5.74) is 1.95. The lowest BCUT2D eigenvalue weighted by Crippen LogP contribution is -2.27. The van der Waals surface area contributed by atoms with Crippen LogP contribution >= 0.6 is 46.3 Å². The Morgan fingerprint density at radius 1 is 1.43 bits per heavy atom. The quantitative estimate of drug-likeness (QED) is 0.657. The van der Waals surface area contributed by atoms with E-state index in [9.17, 15) is 4.79 Å². The van der Waals surface area contributed by atoms with Crippen molar-refractivity contribution in [2.75, 3.05) is 5.75 Å². The number of thiazole rings is 1. The standard InChI is InChI=1S/C16H18Cl2N2OS2/c1-10(14-4-3-12(17)7-15(14)18)19-16(21)5-6-22-8-13-9-23-11(2)20-13/h3-4,7,9-10H,5-6,8H2,1-2H3,(H,19,21)/t10-/m0/s1. The summed E-state index contributed by atoms with van der Waals surface area (Å²) in [7, 11) is 0. The maximum Gasteiger partial charge on any atom is 0.221 e. The van der Waals surface area contributed by atoms with Gasteiger partial charge in [0.05, 0.1) is 16.7 Å². The van der Waals surface area contributed by atoms with Crippen LogP contribution < -0.4 is 5.32 Å². The molecule has 1 amide bonds. The summed E-state index contributed by atoms with van der Waals surface area (Å²) in [6, 6.07) is 5.16. The molecular weight excluding hydrogens is 371 g/mol. The van der Waals surface area contributed by atoms with Crippen LogP contribution in [-0.2, 0) is 10.5 Å². The second kappa shape index (κ2) is 8.92. The molecule has 0 aliphatic rings. The van der Waals surface area contributed by atoms with Gasteiger partial charge in [0.2, 0.25) is 5.91 Å². The van der Waals surface area contributed by atoms with Crippen molar-refractivity contribution in [1.29, 1.82) is 0 Å². The molecule has 1 aromatic heterocycles. The summed E-state index contributed by atoms with van der Waals surface area (Å²) >= 11 is 15.4. The monoisotopic (exact) mass is 388 g/mol. The van der Waals surface area contributed by atoms with Crippen molar-refractivity contribution < 1.29 is 4.79 Å². The lowest BCUT2D eigenvalue weighted by molar-refractivity contribution is -0.121. The first-order chi connectivity index (χ1) is 11.0. The maximum atomic E-state index is 12.0. The first-order valence-corrected chi connectivity index (χ1v) is 9.98. The Hall–Kier alpha value is -0.750. The molecule has 1 N–H and O–H groups in total. The van der Waals surface area contributed by atoms with Crippen molar-refractivity contribution in [2.45, 2.75) is 32.1 Å². The second-order valence-electron chi connectivity index (χ2n) is 5.12. The van der Waals surface area contributed by atoms with E-state index >= 15 is 0 Å². The van der Waals surface area contributed by atoms with E-state index < -0.39 is 0 Å². The Labute approximate surface area is 154 Å². The Morgan fingerprint density at radius 2 is 2.22 bits per heavy atom. The van der Waals surface area contributed by atoms with Gasteiger partial charge in [-0.25, -0.2) is 4.98 Å². The number of hydrogen-bond acceptors (Lipinski definition) is 4. The Kier molecular flexibility index (Phi) is 7.21. The number of aryl methyl sites for hydroxylation is 1. The van der Waals surface area contributed by atoms with Crippen molar-refractivity contribution in [1.82, 2.24) is 10.3 Å². The molecule has 1 aromatic carbocycles. The molecule has 0 aliphatic heterocycles. The lowest BCUT2D eigenvalue weighted by atomic mass is 10.1. The third-order valence-corrected chi connectivity index (χ3v) is 5.57. The number of nitrogens with zero attached hydrogens (tertiary/aromatic N) is 1. The minimum atomic E-state index is -0.140. The number of amides is 1. The summed E-state index contributed by atoms with van der Waals surface area (Å²) in [6.07, 6.45) is 0.476. The summed E-state index contributed by atoms with van der Waals surface area (Å²) in [6.45, 7) is 3.91. The highest BCUT2D eigenvalue weighted by Gasteiger charge is 2.13. The molecule has 23 heavy (non-hydrogen) atoms. The van der Waals surface area contributed by atoms with Crippen LogP contribution in [0.2, 0.25) is 10.0 Å². The summed E-state index contributed by atoms with van der Waals surface area (Å²) < 4.78 is 0. The van der Waals surface area contributed by atoms with Crippen LogP contribution in [0.4, 0.5) is 0 Å². The number of hydrogen-bond donors (Lipinski definition) is 1. The third-order valence-electron chi connectivity index (χ3n) is 3.20. The average Bonchev–Trinajstić information content (AvgIpc) is 2.89. The van der Waals surface area contributed by atoms with E-state index in [1.807, 2.05) is 19.9 Å². The van der Waals surface area contributed by atoms with Crippen LogP contribution in [0.1, 0.15) is 35.7 Å². The largest absolute Gasteiger partial charge is 0.350 e. The molecule has 0 aliphatic carbocycles. The minimum absolute atomic E-state index is 0.0190.